The number of nitrogens with zero attached hydrogens (tertiary/aromatic N) is 1. The maximum absolute atomic E-state index is 12.1. The predicted octanol–water partition coefficient (Wildman–Crippen LogP) is 2.44. The monoisotopic (exact) mass is 305 g/mol. The summed E-state index contributed by atoms with van der Waals surface area (Å²) in [5.41, 5.74) is 0.697. The van der Waals surface area contributed by atoms with Crippen molar-refractivity contribution < 1.29 is 18.8 Å². The van der Waals surface area contributed by atoms with Crippen LogP contribution in [0.4, 0.5) is 11.5 Å². The molecule has 0 fully saturated rings. The Morgan fingerprint density at radius 2 is 2.05 bits per heavy atom. The van der Waals surface area contributed by atoms with Crippen LogP contribution in [0.3, 0.4) is 0 Å². The van der Waals surface area contributed by atoms with Crippen LogP contribution in [0.25, 0.3) is 0 Å². The molecule has 1 aromatic heterocycles. The van der Waals surface area contributed by atoms with Crippen LogP contribution in [0.1, 0.15) is 12.7 Å². The Bertz CT molecular complexity index is 654. The van der Waals surface area contributed by atoms with Crippen LogP contribution in [-0.4, -0.2) is 31.3 Å². The lowest BCUT2D eigenvalue weighted by Gasteiger charge is -2.17. The van der Waals surface area contributed by atoms with E-state index in [1.165, 1.54) is 0 Å². The van der Waals surface area contributed by atoms with Crippen molar-refractivity contribution in [1.82, 2.24) is 5.16 Å². The van der Waals surface area contributed by atoms with Crippen molar-refractivity contribution >= 4 is 17.4 Å². The molecule has 1 heterocycles. The van der Waals surface area contributed by atoms with Gasteiger partial charge in [-0.3, -0.25) is 4.79 Å². The summed E-state index contributed by atoms with van der Waals surface area (Å²) in [5, 5.41) is 9.49. The van der Waals surface area contributed by atoms with Gasteiger partial charge in [-0.1, -0.05) is 5.16 Å². The van der Waals surface area contributed by atoms with Gasteiger partial charge in [0, 0.05) is 12.1 Å². The lowest BCUT2D eigenvalue weighted by Crippen LogP contribution is -2.32. The highest BCUT2D eigenvalue weighted by Gasteiger charge is 2.16. The van der Waals surface area contributed by atoms with E-state index in [0.29, 0.717) is 28.8 Å². The average molecular weight is 305 g/mol. The minimum absolute atomic E-state index is 0.230. The van der Waals surface area contributed by atoms with Gasteiger partial charge in [0.15, 0.2) is 5.82 Å². The predicted molar refractivity (Wildman–Crippen MR) is 82.5 cm³/mol. The first-order chi connectivity index (χ1) is 10.5. The summed E-state index contributed by atoms with van der Waals surface area (Å²) >= 11 is 0. The normalized spacial score (nSPS) is 11.6. The molecule has 0 bridgehead atoms. The highest BCUT2D eigenvalue weighted by Crippen LogP contribution is 2.29. The van der Waals surface area contributed by atoms with Crippen molar-refractivity contribution in [3.63, 3.8) is 0 Å². The van der Waals surface area contributed by atoms with Gasteiger partial charge in [-0.05, 0) is 26.0 Å². The molecular weight excluding hydrogens is 286 g/mol. The van der Waals surface area contributed by atoms with Gasteiger partial charge in [-0.2, -0.15) is 0 Å². The Balaban J connectivity index is 2.04. The molecule has 7 nitrogen and oxygen atoms in total. The van der Waals surface area contributed by atoms with Crippen LogP contribution in [0.2, 0.25) is 0 Å². The van der Waals surface area contributed by atoms with Crippen molar-refractivity contribution in [2.75, 3.05) is 24.9 Å². The van der Waals surface area contributed by atoms with Gasteiger partial charge in [0.05, 0.1) is 19.9 Å². The van der Waals surface area contributed by atoms with E-state index in [1.54, 1.807) is 52.3 Å². The third-order valence-electron chi connectivity index (χ3n) is 3.05. The number of nitrogens with one attached hydrogen (secondary N) is 2. The molecule has 1 atom stereocenters. The lowest BCUT2D eigenvalue weighted by molar-refractivity contribution is -0.116. The second-order valence-corrected chi connectivity index (χ2v) is 4.74. The van der Waals surface area contributed by atoms with E-state index >= 15 is 0 Å². The molecule has 0 aliphatic rings. The Hall–Kier alpha value is -2.70. The van der Waals surface area contributed by atoms with Crippen molar-refractivity contribution in [1.29, 1.82) is 0 Å². The largest absolute Gasteiger partial charge is 0.497 e. The molecule has 2 rings (SSSR count). The highest BCUT2D eigenvalue weighted by atomic mass is 16.5. The standard InChI is InChI=1S/C15H19N3O4/c1-9-7-14(18-22-9)17-15(19)10(2)16-12-6-5-11(20-3)8-13(12)21-4/h5-8,10,16H,1-4H3,(H,17,18,19)/t10-/m0/s1. The van der Waals surface area contributed by atoms with Crippen LogP contribution in [-0.2, 0) is 4.79 Å². The maximum atomic E-state index is 12.1. The fourth-order valence-electron chi connectivity index (χ4n) is 1.88. The topological polar surface area (TPSA) is 85.6 Å². The number of anilines is 2. The first kappa shape index (κ1) is 15.7. The van der Waals surface area contributed by atoms with Crippen molar-refractivity contribution in [3.8, 4) is 11.5 Å². The number of rotatable bonds is 6. The van der Waals surface area contributed by atoms with Gasteiger partial charge >= 0.3 is 0 Å². The number of hydrogen-bond acceptors (Lipinski definition) is 6. The molecule has 7 heteroatoms. The van der Waals surface area contributed by atoms with Crippen LogP contribution in [0.5, 0.6) is 11.5 Å². The second kappa shape index (κ2) is 6.84. The minimum atomic E-state index is -0.487. The molecule has 0 unspecified atom stereocenters. The number of carbonyl (C=O) groups is 1. The SMILES string of the molecule is COc1ccc(N[C@@H](C)C(=O)Nc2cc(C)on2)c(OC)c1. The van der Waals surface area contributed by atoms with Crippen LogP contribution in [0, 0.1) is 6.92 Å². The van der Waals surface area contributed by atoms with E-state index < -0.39 is 6.04 Å². The summed E-state index contributed by atoms with van der Waals surface area (Å²) in [6, 6.07) is 6.49. The lowest BCUT2D eigenvalue weighted by atomic mass is 10.2. The van der Waals surface area contributed by atoms with Crippen molar-refractivity contribution in [3.05, 3.63) is 30.0 Å². The number of aryl methyl sites for hydroxylation is 1. The van der Waals surface area contributed by atoms with Gasteiger partial charge in [0.1, 0.15) is 23.3 Å². The molecule has 0 radical (unpaired) electrons. The van der Waals surface area contributed by atoms with E-state index in [1.807, 2.05) is 0 Å². The molecule has 0 aliphatic heterocycles. The van der Waals surface area contributed by atoms with E-state index in [4.69, 9.17) is 14.0 Å². The highest BCUT2D eigenvalue weighted by molar-refractivity contribution is 5.95. The van der Waals surface area contributed by atoms with Crippen molar-refractivity contribution in [2.24, 2.45) is 0 Å². The third kappa shape index (κ3) is 3.69. The summed E-state index contributed by atoms with van der Waals surface area (Å²) in [6.45, 7) is 3.50. The zero-order chi connectivity index (χ0) is 16.1. The van der Waals surface area contributed by atoms with Gasteiger partial charge in [0.2, 0.25) is 5.91 Å². The van der Waals surface area contributed by atoms with Crippen LogP contribution in [0.15, 0.2) is 28.8 Å². The number of benzene rings is 1. The zero-order valence-corrected chi connectivity index (χ0v) is 13.0. The number of carbonyl (C=O) groups excluding carboxylic acids is 1. The molecule has 0 aliphatic carbocycles. The molecule has 1 aromatic carbocycles. The Kier molecular flexibility index (Phi) is 4.88. The summed E-state index contributed by atoms with van der Waals surface area (Å²) in [6.07, 6.45) is 0. The molecule has 1 amide bonds. The van der Waals surface area contributed by atoms with Crippen LogP contribution >= 0.6 is 0 Å². The number of amides is 1. The first-order valence-corrected chi connectivity index (χ1v) is 6.76. The number of ether oxygens (including phenoxy) is 2. The number of methoxy groups -OCH3 is 2. The van der Waals surface area contributed by atoms with Gasteiger partial charge in [0.25, 0.3) is 0 Å². The van der Waals surface area contributed by atoms with E-state index in [0.717, 1.165) is 0 Å². The van der Waals surface area contributed by atoms with Gasteiger partial charge < -0.3 is 24.6 Å². The van der Waals surface area contributed by atoms with Gasteiger partial charge in [-0.15, -0.1) is 0 Å². The smallest absolute Gasteiger partial charge is 0.247 e. The summed E-state index contributed by atoms with van der Waals surface area (Å²) in [5.74, 6) is 2.06. The van der Waals surface area contributed by atoms with Crippen molar-refractivity contribution in [2.45, 2.75) is 19.9 Å². The molecule has 118 valence electrons. The number of aromatic nitrogens is 1. The van der Waals surface area contributed by atoms with E-state index in [2.05, 4.69) is 15.8 Å². The van der Waals surface area contributed by atoms with E-state index in [-0.39, 0.29) is 5.91 Å². The molecular formula is C15H19N3O4. The fraction of sp³-hybridized carbons (Fsp3) is 0.333. The zero-order valence-electron chi connectivity index (χ0n) is 13.0. The Labute approximate surface area is 128 Å². The first-order valence-electron chi connectivity index (χ1n) is 6.76. The Morgan fingerprint density at radius 1 is 1.27 bits per heavy atom. The van der Waals surface area contributed by atoms with Crippen LogP contribution < -0.4 is 20.1 Å². The summed E-state index contributed by atoms with van der Waals surface area (Å²) in [7, 11) is 3.14. The maximum Gasteiger partial charge on any atom is 0.247 e. The molecule has 0 spiro atoms. The second-order valence-electron chi connectivity index (χ2n) is 4.74. The minimum Gasteiger partial charge on any atom is -0.497 e. The molecule has 2 aromatic rings. The van der Waals surface area contributed by atoms with Gasteiger partial charge in [-0.25, -0.2) is 0 Å². The molecule has 2 N–H and O–H groups in total. The van der Waals surface area contributed by atoms with E-state index in [9.17, 15) is 4.79 Å². The summed E-state index contributed by atoms with van der Waals surface area (Å²) < 4.78 is 15.3. The summed E-state index contributed by atoms with van der Waals surface area (Å²) in [4.78, 5) is 12.1. The number of hydrogen-bond donors (Lipinski definition) is 2. The molecule has 0 saturated carbocycles. The average Bonchev–Trinajstić information content (AvgIpc) is 2.92. The molecule has 0 saturated heterocycles. The Morgan fingerprint density at radius 3 is 2.64 bits per heavy atom. The third-order valence-corrected chi connectivity index (χ3v) is 3.05. The molecule has 22 heavy (non-hydrogen) atoms. The fourth-order valence-corrected chi connectivity index (χ4v) is 1.88. The quantitative estimate of drug-likeness (QED) is 0.852.